The maximum atomic E-state index is 11.3. The molecular weight excluding hydrogens is 230 g/mol. The summed E-state index contributed by atoms with van der Waals surface area (Å²) in [6, 6.07) is 2.04. The molecule has 1 heterocycles. The van der Waals surface area contributed by atoms with Crippen LogP contribution in [0.5, 0.6) is 0 Å². The highest BCUT2D eigenvalue weighted by Crippen LogP contribution is 2.18. The van der Waals surface area contributed by atoms with Gasteiger partial charge in [-0.1, -0.05) is 13.8 Å². The summed E-state index contributed by atoms with van der Waals surface area (Å²) in [7, 11) is 1.90. The molecule has 0 radical (unpaired) electrons. The van der Waals surface area contributed by atoms with Crippen LogP contribution in [0.1, 0.15) is 39.1 Å². The lowest BCUT2D eigenvalue weighted by molar-refractivity contribution is -0.149. The SMILES string of the molecule is CCc1cc(CN(CC)C(C)(C)C(=O)O)n(C)n1. The van der Waals surface area contributed by atoms with Crippen molar-refractivity contribution in [3.8, 4) is 0 Å². The van der Waals surface area contributed by atoms with Gasteiger partial charge >= 0.3 is 5.97 Å². The zero-order valence-electron chi connectivity index (χ0n) is 11.9. The number of nitrogens with zero attached hydrogens (tertiary/aromatic N) is 3. The molecule has 1 aromatic heterocycles. The number of hydrogen-bond acceptors (Lipinski definition) is 3. The van der Waals surface area contributed by atoms with E-state index in [4.69, 9.17) is 0 Å². The van der Waals surface area contributed by atoms with E-state index in [1.807, 2.05) is 29.6 Å². The van der Waals surface area contributed by atoms with Crippen LogP contribution in [0.3, 0.4) is 0 Å². The van der Waals surface area contributed by atoms with E-state index in [1.54, 1.807) is 13.8 Å². The van der Waals surface area contributed by atoms with Crippen molar-refractivity contribution in [2.75, 3.05) is 6.54 Å². The second-order valence-electron chi connectivity index (χ2n) is 4.98. The summed E-state index contributed by atoms with van der Waals surface area (Å²) in [4.78, 5) is 13.2. The van der Waals surface area contributed by atoms with Crippen LogP contribution in [0.2, 0.25) is 0 Å². The number of aliphatic carboxylic acids is 1. The Hall–Kier alpha value is -1.36. The molecule has 1 N–H and O–H groups in total. The van der Waals surface area contributed by atoms with Crippen LogP contribution in [-0.4, -0.2) is 37.8 Å². The van der Waals surface area contributed by atoms with E-state index in [0.29, 0.717) is 13.1 Å². The molecule has 0 saturated carbocycles. The predicted octanol–water partition coefficient (Wildman–Crippen LogP) is 1.67. The highest BCUT2D eigenvalue weighted by atomic mass is 16.4. The predicted molar refractivity (Wildman–Crippen MR) is 70.4 cm³/mol. The summed E-state index contributed by atoms with van der Waals surface area (Å²) in [5.74, 6) is -0.803. The summed E-state index contributed by atoms with van der Waals surface area (Å²) in [6.07, 6.45) is 0.891. The highest BCUT2D eigenvalue weighted by molar-refractivity contribution is 5.77. The van der Waals surface area contributed by atoms with E-state index in [2.05, 4.69) is 12.0 Å². The first-order valence-electron chi connectivity index (χ1n) is 6.33. The molecule has 102 valence electrons. The van der Waals surface area contributed by atoms with Gasteiger partial charge in [-0.25, -0.2) is 0 Å². The molecule has 1 aromatic rings. The number of carboxylic acid groups (broad SMARTS) is 1. The maximum absolute atomic E-state index is 11.3. The minimum absolute atomic E-state index is 0.597. The fourth-order valence-corrected chi connectivity index (χ4v) is 1.93. The van der Waals surface area contributed by atoms with Crippen LogP contribution in [0.15, 0.2) is 6.07 Å². The van der Waals surface area contributed by atoms with Crippen LogP contribution in [0.25, 0.3) is 0 Å². The van der Waals surface area contributed by atoms with Crippen LogP contribution < -0.4 is 0 Å². The van der Waals surface area contributed by atoms with Crippen molar-refractivity contribution >= 4 is 5.97 Å². The van der Waals surface area contributed by atoms with E-state index in [1.165, 1.54) is 0 Å². The Morgan fingerprint density at radius 3 is 2.50 bits per heavy atom. The topological polar surface area (TPSA) is 58.4 Å². The molecule has 0 aliphatic rings. The first-order chi connectivity index (χ1) is 8.32. The summed E-state index contributed by atoms with van der Waals surface area (Å²) in [6.45, 7) is 8.78. The number of aromatic nitrogens is 2. The monoisotopic (exact) mass is 253 g/mol. The molecule has 0 aromatic carbocycles. The van der Waals surface area contributed by atoms with Gasteiger partial charge in [0.25, 0.3) is 0 Å². The molecular formula is C13H23N3O2. The van der Waals surface area contributed by atoms with Crippen molar-refractivity contribution in [2.24, 2.45) is 7.05 Å². The van der Waals surface area contributed by atoms with E-state index in [-0.39, 0.29) is 0 Å². The van der Waals surface area contributed by atoms with Gasteiger partial charge in [-0.15, -0.1) is 0 Å². The fraction of sp³-hybridized carbons (Fsp3) is 0.692. The van der Waals surface area contributed by atoms with Crippen molar-refractivity contribution in [1.82, 2.24) is 14.7 Å². The lowest BCUT2D eigenvalue weighted by Crippen LogP contribution is -2.49. The van der Waals surface area contributed by atoms with Gasteiger partial charge in [-0.3, -0.25) is 14.4 Å². The number of aryl methyl sites for hydroxylation is 2. The minimum Gasteiger partial charge on any atom is -0.480 e. The second kappa shape index (κ2) is 5.52. The Labute approximate surface area is 108 Å². The van der Waals surface area contributed by atoms with Gasteiger partial charge in [0.1, 0.15) is 5.54 Å². The first-order valence-corrected chi connectivity index (χ1v) is 6.33. The summed E-state index contributed by atoms with van der Waals surface area (Å²) >= 11 is 0. The molecule has 0 unspecified atom stereocenters. The molecule has 1 rings (SSSR count). The number of carbonyl (C=O) groups is 1. The van der Waals surface area contributed by atoms with E-state index < -0.39 is 11.5 Å². The zero-order chi connectivity index (χ0) is 13.9. The van der Waals surface area contributed by atoms with Gasteiger partial charge in [0.05, 0.1) is 11.4 Å². The van der Waals surface area contributed by atoms with Crippen molar-refractivity contribution in [1.29, 1.82) is 0 Å². The molecule has 0 saturated heterocycles. The van der Waals surface area contributed by atoms with E-state index in [0.717, 1.165) is 17.8 Å². The largest absolute Gasteiger partial charge is 0.480 e. The summed E-state index contributed by atoms with van der Waals surface area (Å²) in [5, 5.41) is 13.7. The van der Waals surface area contributed by atoms with Crippen molar-refractivity contribution in [2.45, 2.75) is 46.2 Å². The number of hydrogen-bond donors (Lipinski definition) is 1. The lowest BCUT2D eigenvalue weighted by atomic mass is 10.0. The van der Waals surface area contributed by atoms with Crippen LogP contribution in [0.4, 0.5) is 0 Å². The second-order valence-corrected chi connectivity index (χ2v) is 4.98. The Morgan fingerprint density at radius 2 is 2.11 bits per heavy atom. The standard InChI is InChI=1S/C13H23N3O2/c1-6-10-8-11(15(5)14-10)9-16(7-2)13(3,4)12(17)18/h8H,6-7,9H2,1-5H3,(H,17,18). The van der Waals surface area contributed by atoms with Gasteiger partial charge in [0.15, 0.2) is 0 Å². The Balaban J connectivity index is 2.92. The maximum Gasteiger partial charge on any atom is 0.323 e. The Bertz CT molecular complexity index is 424. The lowest BCUT2D eigenvalue weighted by Gasteiger charge is -2.33. The van der Waals surface area contributed by atoms with Gasteiger partial charge in [-0.2, -0.15) is 5.10 Å². The number of likely N-dealkylation sites (N-methyl/N-ethyl adjacent to an activating group) is 1. The summed E-state index contributed by atoms with van der Waals surface area (Å²) < 4.78 is 1.83. The first kappa shape index (κ1) is 14.7. The van der Waals surface area contributed by atoms with Gasteiger partial charge in [-0.05, 0) is 32.9 Å². The van der Waals surface area contributed by atoms with Gasteiger partial charge in [0.2, 0.25) is 0 Å². The fourth-order valence-electron chi connectivity index (χ4n) is 1.93. The molecule has 0 bridgehead atoms. The molecule has 0 spiro atoms. The van der Waals surface area contributed by atoms with Crippen LogP contribution in [0, 0.1) is 0 Å². The average Bonchev–Trinajstić information content (AvgIpc) is 2.66. The smallest absolute Gasteiger partial charge is 0.323 e. The van der Waals surface area contributed by atoms with E-state index >= 15 is 0 Å². The average molecular weight is 253 g/mol. The minimum atomic E-state index is -0.870. The molecule has 5 nitrogen and oxygen atoms in total. The molecule has 0 aliphatic carbocycles. The molecule has 0 atom stereocenters. The highest BCUT2D eigenvalue weighted by Gasteiger charge is 2.33. The molecule has 5 heteroatoms. The third kappa shape index (κ3) is 2.90. The van der Waals surface area contributed by atoms with Crippen molar-refractivity contribution in [3.05, 3.63) is 17.5 Å². The number of rotatable bonds is 6. The zero-order valence-corrected chi connectivity index (χ0v) is 11.9. The molecule has 18 heavy (non-hydrogen) atoms. The third-order valence-electron chi connectivity index (χ3n) is 3.44. The van der Waals surface area contributed by atoms with E-state index in [9.17, 15) is 9.90 Å². The third-order valence-corrected chi connectivity index (χ3v) is 3.44. The van der Waals surface area contributed by atoms with Crippen LogP contribution in [-0.2, 0) is 24.8 Å². The van der Waals surface area contributed by atoms with Gasteiger partial charge in [0, 0.05) is 13.6 Å². The van der Waals surface area contributed by atoms with Crippen molar-refractivity contribution in [3.63, 3.8) is 0 Å². The quantitative estimate of drug-likeness (QED) is 0.837. The summed E-state index contributed by atoms with van der Waals surface area (Å²) in [5.41, 5.74) is 1.21. The Kier molecular flexibility index (Phi) is 4.51. The molecule has 0 fully saturated rings. The number of carboxylic acids is 1. The van der Waals surface area contributed by atoms with Gasteiger partial charge < -0.3 is 5.11 Å². The van der Waals surface area contributed by atoms with Crippen molar-refractivity contribution < 1.29 is 9.90 Å². The Morgan fingerprint density at radius 1 is 1.50 bits per heavy atom. The molecule has 0 aliphatic heterocycles. The molecule has 0 amide bonds. The van der Waals surface area contributed by atoms with Crippen LogP contribution >= 0.6 is 0 Å². The normalized spacial score (nSPS) is 12.1.